The average molecular weight is 255 g/mol. The van der Waals surface area contributed by atoms with E-state index >= 15 is 0 Å². The number of methoxy groups -OCH3 is 1. The van der Waals surface area contributed by atoms with Crippen molar-refractivity contribution < 1.29 is 19.4 Å². The summed E-state index contributed by atoms with van der Waals surface area (Å²) in [5.41, 5.74) is -0.338. The molecule has 0 aromatic carbocycles. The minimum absolute atomic E-state index is 0.00849. The van der Waals surface area contributed by atoms with Gasteiger partial charge >= 0.3 is 5.97 Å². The van der Waals surface area contributed by atoms with Crippen molar-refractivity contribution in [1.82, 2.24) is 15.1 Å². The molecule has 8 nitrogen and oxygen atoms in total. The van der Waals surface area contributed by atoms with Crippen LogP contribution in [0.25, 0.3) is 0 Å². The van der Waals surface area contributed by atoms with E-state index in [1.54, 1.807) is 0 Å². The van der Waals surface area contributed by atoms with Crippen LogP contribution in [0.5, 0.6) is 0 Å². The highest BCUT2D eigenvalue weighted by Crippen LogP contribution is 1.91. The van der Waals surface area contributed by atoms with E-state index in [9.17, 15) is 19.5 Å². The van der Waals surface area contributed by atoms with Crippen LogP contribution in [0, 0.1) is 0 Å². The SMILES string of the molecule is COC(=O)C(O)CNC(=O)c1ccc(=O)n(C)n1. The molecule has 1 heterocycles. The zero-order chi connectivity index (χ0) is 13.7. The van der Waals surface area contributed by atoms with Crippen molar-refractivity contribution in [2.45, 2.75) is 6.10 Å². The summed E-state index contributed by atoms with van der Waals surface area (Å²) in [7, 11) is 2.53. The van der Waals surface area contributed by atoms with E-state index in [1.165, 1.54) is 19.2 Å². The molecule has 0 aliphatic rings. The van der Waals surface area contributed by atoms with Crippen molar-refractivity contribution in [2.75, 3.05) is 13.7 Å². The van der Waals surface area contributed by atoms with Crippen molar-refractivity contribution in [3.63, 3.8) is 0 Å². The van der Waals surface area contributed by atoms with Gasteiger partial charge in [0.1, 0.15) is 5.69 Å². The number of carbonyl (C=O) groups excluding carboxylic acids is 2. The third-order valence-corrected chi connectivity index (χ3v) is 2.12. The molecule has 1 amide bonds. The van der Waals surface area contributed by atoms with Crippen LogP contribution < -0.4 is 10.9 Å². The van der Waals surface area contributed by atoms with Gasteiger partial charge < -0.3 is 15.2 Å². The summed E-state index contributed by atoms with van der Waals surface area (Å²) in [4.78, 5) is 33.5. The van der Waals surface area contributed by atoms with Gasteiger partial charge in [-0.15, -0.1) is 0 Å². The van der Waals surface area contributed by atoms with Gasteiger partial charge in [0.2, 0.25) is 0 Å². The lowest BCUT2D eigenvalue weighted by atomic mass is 10.3. The maximum atomic E-state index is 11.6. The molecular formula is C10H13N3O5. The van der Waals surface area contributed by atoms with Crippen molar-refractivity contribution in [3.8, 4) is 0 Å². The monoisotopic (exact) mass is 255 g/mol. The Hall–Kier alpha value is -2.22. The predicted octanol–water partition coefficient (Wildman–Crippen LogP) is -1.96. The van der Waals surface area contributed by atoms with Gasteiger partial charge in [0.05, 0.1) is 13.7 Å². The summed E-state index contributed by atoms with van der Waals surface area (Å²) in [6, 6.07) is 2.45. The van der Waals surface area contributed by atoms with E-state index in [0.717, 1.165) is 11.8 Å². The number of aliphatic hydroxyl groups is 1. The second-order valence-electron chi connectivity index (χ2n) is 3.43. The molecule has 0 aliphatic carbocycles. The molecule has 0 aliphatic heterocycles. The number of amides is 1. The normalized spacial score (nSPS) is 11.7. The molecule has 1 unspecified atom stereocenters. The molecule has 8 heteroatoms. The van der Waals surface area contributed by atoms with Crippen LogP contribution in [0.3, 0.4) is 0 Å². The molecule has 0 bridgehead atoms. The summed E-state index contributed by atoms with van der Waals surface area (Å²) < 4.78 is 5.29. The lowest BCUT2D eigenvalue weighted by Crippen LogP contribution is -2.38. The van der Waals surface area contributed by atoms with Crippen LogP contribution in [0.2, 0.25) is 0 Å². The Morgan fingerprint density at radius 1 is 1.56 bits per heavy atom. The number of nitrogens with one attached hydrogen (secondary N) is 1. The summed E-state index contributed by atoms with van der Waals surface area (Å²) in [5.74, 6) is -1.45. The van der Waals surface area contributed by atoms with Gasteiger partial charge in [-0.05, 0) is 6.07 Å². The number of aryl methyl sites for hydroxylation is 1. The van der Waals surface area contributed by atoms with Gasteiger partial charge in [0, 0.05) is 13.1 Å². The smallest absolute Gasteiger partial charge is 0.336 e. The van der Waals surface area contributed by atoms with E-state index in [1.807, 2.05) is 0 Å². The third kappa shape index (κ3) is 3.39. The fraction of sp³-hybridized carbons (Fsp3) is 0.400. The van der Waals surface area contributed by atoms with E-state index in [0.29, 0.717) is 0 Å². The lowest BCUT2D eigenvalue weighted by molar-refractivity contribution is -0.149. The molecule has 1 aromatic heterocycles. The standard InChI is InChI=1S/C10H13N3O5/c1-13-8(15)4-3-6(12-13)9(16)11-5-7(14)10(17)18-2/h3-4,7,14H,5H2,1-2H3,(H,11,16). The molecule has 0 radical (unpaired) electrons. The molecule has 0 saturated heterocycles. The van der Waals surface area contributed by atoms with Gasteiger partial charge in [-0.2, -0.15) is 5.10 Å². The van der Waals surface area contributed by atoms with Crippen LogP contribution in [0.15, 0.2) is 16.9 Å². The second kappa shape index (κ2) is 5.92. The molecule has 1 rings (SSSR count). The Morgan fingerprint density at radius 3 is 2.78 bits per heavy atom. The topological polar surface area (TPSA) is 111 Å². The molecule has 18 heavy (non-hydrogen) atoms. The zero-order valence-electron chi connectivity index (χ0n) is 9.91. The maximum Gasteiger partial charge on any atom is 0.336 e. The maximum absolute atomic E-state index is 11.6. The number of hydrogen-bond donors (Lipinski definition) is 2. The number of esters is 1. The van der Waals surface area contributed by atoms with Crippen molar-refractivity contribution in [3.05, 3.63) is 28.2 Å². The third-order valence-electron chi connectivity index (χ3n) is 2.12. The van der Waals surface area contributed by atoms with Crippen LogP contribution in [-0.2, 0) is 16.6 Å². The number of hydrogen-bond acceptors (Lipinski definition) is 6. The first-order chi connectivity index (χ1) is 8.45. The zero-order valence-corrected chi connectivity index (χ0v) is 9.91. The van der Waals surface area contributed by atoms with Crippen LogP contribution in [-0.4, -0.2) is 46.5 Å². The number of nitrogens with zero attached hydrogens (tertiary/aromatic N) is 2. The van der Waals surface area contributed by atoms with E-state index in [4.69, 9.17) is 0 Å². The fourth-order valence-corrected chi connectivity index (χ4v) is 1.12. The van der Waals surface area contributed by atoms with Crippen molar-refractivity contribution in [1.29, 1.82) is 0 Å². The van der Waals surface area contributed by atoms with Gasteiger partial charge in [0.15, 0.2) is 6.10 Å². The molecule has 2 N–H and O–H groups in total. The predicted molar refractivity (Wildman–Crippen MR) is 59.8 cm³/mol. The Labute approximate surface area is 102 Å². The van der Waals surface area contributed by atoms with E-state index in [-0.39, 0.29) is 17.8 Å². The molecule has 0 fully saturated rings. The first-order valence-corrected chi connectivity index (χ1v) is 5.04. The molecule has 1 atom stereocenters. The quantitative estimate of drug-likeness (QED) is 0.605. The summed E-state index contributed by atoms with van der Waals surface area (Å²) in [6.45, 7) is -0.296. The minimum atomic E-state index is -1.44. The Morgan fingerprint density at radius 2 is 2.22 bits per heavy atom. The number of carbonyl (C=O) groups is 2. The van der Waals surface area contributed by atoms with Crippen LogP contribution in [0.4, 0.5) is 0 Å². The van der Waals surface area contributed by atoms with Gasteiger partial charge in [-0.1, -0.05) is 0 Å². The Kier molecular flexibility index (Phi) is 4.55. The number of aromatic nitrogens is 2. The van der Waals surface area contributed by atoms with Crippen LogP contribution in [0.1, 0.15) is 10.5 Å². The van der Waals surface area contributed by atoms with Gasteiger partial charge in [-0.25, -0.2) is 9.48 Å². The van der Waals surface area contributed by atoms with Crippen LogP contribution >= 0.6 is 0 Å². The highest BCUT2D eigenvalue weighted by Gasteiger charge is 2.17. The summed E-state index contributed by atoms with van der Waals surface area (Å²) >= 11 is 0. The number of aliphatic hydroxyl groups excluding tert-OH is 1. The van der Waals surface area contributed by atoms with E-state index < -0.39 is 18.0 Å². The van der Waals surface area contributed by atoms with E-state index in [2.05, 4.69) is 15.2 Å². The number of rotatable bonds is 4. The average Bonchev–Trinajstić information content (AvgIpc) is 2.37. The summed E-state index contributed by atoms with van der Waals surface area (Å²) in [5, 5.41) is 15.3. The first-order valence-electron chi connectivity index (χ1n) is 5.04. The minimum Gasteiger partial charge on any atom is -0.467 e. The highest BCUT2D eigenvalue weighted by atomic mass is 16.5. The molecule has 0 spiro atoms. The Balaban J connectivity index is 2.63. The van der Waals surface area contributed by atoms with Crippen molar-refractivity contribution >= 4 is 11.9 Å². The molecule has 1 aromatic rings. The lowest BCUT2D eigenvalue weighted by Gasteiger charge is -2.09. The van der Waals surface area contributed by atoms with Crippen molar-refractivity contribution in [2.24, 2.45) is 7.05 Å². The van der Waals surface area contributed by atoms with Gasteiger partial charge in [0.25, 0.3) is 11.5 Å². The largest absolute Gasteiger partial charge is 0.467 e. The molecule has 0 saturated carbocycles. The number of ether oxygens (including phenoxy) is 1. The second-order valence-corrected chi connectivity index (χ2v) is 3.43. The highest BCUT2D eigenvalue weighted by molar-refractivity contribution is 5.92. The summed E-state index contributed by atoms with van der Waals surface area (Å²) in [6.07, 6.45) is -1.44. The molecule has 98 valence electrons. The molecular weight excluding hydrogens is 242 g/mol. The van der Waals surface area contributed by atoms with Gasteiger partial charge in [-0.3, -0.25) is 9.59 Å². The first kappa shape index (κ1) is 13.8. The Bertz CT molecular complexity index is 510. The fourth-order valence-electron chi connectivity index (χ4n) is 1.12.